The number of anilines is 1. The Hall–Kier alpha value is -3.17. The van der Waals surface area contributed by atoms with Gasteiger partial charge in [-0.25, -0.2) is 18.7 Å². The van der Waals surface area contributed by atoms with E-state index in [1.54, 1.807) is 26.2 Å². The molecule has 1 aliphatic rings. The van der Waals surface area contributed by atoms with Crippen LogP contribution in [-0.2, 0) is 16.9 Å². The number of aryl methyl sites for hydroxylation is 2. The number of aliphatic hydroxyl groups is 1. The molecular formula is C27H27BrF2N4O2. The first-order chi connectivity index (χ1) is 16.9. The van der Waals surface area contributed by atoms with Crippen LogP contribution in [0.3, 0.4) is 0 Å². The van der Waals surface area contributed by atoms with Crippen LogP contribution in [0, 0.1) is 25.5 Å². The zero-order chi connectivity index (χ0) is 26.2. The van der Waals surface area contributed by atoms with Crippen molar-refractivity contribution in [1.82, 2.24) is 15.0 Å². The van der Waals surface area contributed by atoms with Gasteiger partial charge in [-0.3, -0.25) is 4.98 Å². The van der Waals surface area contributed by atoms with E-state index in [1.165, 1.54) is 12.1 Å². The fourth-order valence-corrected chi connectivity index (χ4v) is 4.29. The summed E-state index contributed by atoms with van der Waals surface area (Å²) in [4.78, 5) is 15.6. The molecule has 2 aromatic heterocycles. The molecule has 3 heterocycles. The van der Waals surface area contributed by atoms with Crippen molar-refractivity contribution in [2.45, 2.75) is 46.8 Å². The van der Waals surface area contributed by atoms with Gasteiger partial charge < -0.3 is 14.7 Å². The molecule has 188 valence electrons. The number of nitrogens with zero attached hydrogens (tertiary/aromatic N) is 4. The molecule has 1 N–H and O–H groups in total. The Kier molecular flexibility index (Phi) is 7.24. The van der Waals surface area contributed by atoms with Crippen LogP contribution in [0.1, 0.15) is 43.3 Å². The second-order valence-corrected chi connectivity index (χ2v) is 10.3. The summed E-state index contributed by atoms with van der Waals surface area (Å²) in [5, 5.41) is 10.4. The summed E-state index contributed by atoms with van der Waals surface area (Å²) < 4.78 is 33.8. The molecule has 0 fully saturated rings. The lowest BCUT2D eigenvalue weighted by molar-refractivity contribution is 0.0688. The second kappa shape index (κ2) is 10.1. The average Bonchev–Trinajstić information content (AvgIpc) is 2.80. The van der Waals surface area contributed by atoms with Crippen molar-refractivity contribution < 1.29 is 18.6 Å². The Morgan fingerprint density at radius 2 is 1.81 bits per heavy atom. The van der Waals surface area contributed by atoms with Crippen molar-refractivity contribution in [3.8, 4) is 11.4 Å². The van der Waals surface area contributed by atoms with Crippen molar-refractivity contribution in [3.05, 3.63) is 92.8 Å². The second-order valence-electron chi connectivity index (χ2n) is 9.31. The lowest BCUT2D eigenvalue weighted by atomic mass is 10.1. The molecule has 0 radical (unpaired) electrons. The molecule has 4 rings (SSSR count). The van der Waals surface area contributed by atoms with Gasteiger partial charge in [0.25, 0.3) is 0 Å². The molecule has 0 bridgehead atoms. The summed E-state index contributed by atoms with van der Waals surface area (Å²) in [7, 11) is 0. The number of aromatic nitrogens is 3. The number of rotatable bonds is 6. The highest BCUT2D eigenvalue weighted by Gasteiger charge is 2.24. The highest BCUT2D eigenvalue weighted by atomic mass is 79.9. The van der Waals surface area contributed by atoms with Crippen molar-refractivity contribution in [1.29, 1.82) is 0 Å². The highest BCUT2D eigenvalue weighted by Crippen LogP contribution is 2.34. The van der Waals surface area contributed by atoms with Crippen molar-refractivity contribution in [3.63, 3.8) is 0 Å². The van der Waals surface area contributed by atoms with E-state index in [9.17, 15) is 13.9 Å². The van der Waals surface area contributed by atoms with E-state index < -0.39 is 17.2 Å². The predicted octanol–water partition coefficient (Wildman–Crippen LogP) is 6.21. The monoisotopic (exact) mass is 556 g/mol. The molecular weight excluding hydrogens is 530 g/mol. The van der Waals surface area contributed by atoms with Crippen LogP contribution in [0.2, 0.25) is 0 Å². The van der Waals surface area contributed by atoms with Crippen LogP contribution in [0.5, 0.6) is 0 Å². The number of halogens is 3. The molecule has 0 saturated carbocycles. The lowest BCUT2D eigenvalue weighted by Crippen LogP contribution is -2.27. The molecule has 36 heavy (non-hydrogen) atoms. The largest absolute Gasteiger partial charge is 0.488 e. The molecule has 1 aromatic carbocycles. The minimum Gasteiger partial charge on any atom is -0.488 e. The number of hydrogen-bond donors (Lipinski definition) is 1. The van der Waals surface area contributed by atoms with E-state index in [0.29, 0.717) is 29.5 Å². The van der Waals surface area contributed by atoms with E-state index in [-0.39, 0.29) is 12.2 Å². The predicted molar refractivity (Wildman–Crippen MR) is 138 cm³/mol. The molecule has 0 aliphatic carbocycles. The van der Waals surface area contributed by atoms with Gasteiger partial charge in [0.1, 0.15) is 29.6 Å². The molecule has 1 aliphatic heterocycles. The average molecular weight is 557 g/mol. The molecule has 0 spiro atoms. The molecule has 9 heteroatoms. The van der Waals surface area contributed by atoms with Crippen LogP contribution in [-0.4, -0.2) is 26.6 Å². The molecule has 0 atom stereocenters. The number of allylic oxidation sites excluding steroid dienone is 2. The number of ether oxygens (including phenoxy) is 1. The van der Waals surface area contributed by atoms with E-state index in [2.05, 4.69) is 35.8 Å². The number of hydrogen-bond acceptors (Lipinski definition) is 6. The van der Waals surface area contributed by atoms with Crippen LogP contribution in [0.15, 0.2) is 58.7 Å². The zero-order valence-corrected chi connectivity index (χ0v) is 22.3. The number of pyridine rings is 1. The van der Waals surface area contributed by atoms with E-state index in [1.807, 2.05) is 32.9 Å². The van der Waals surface area contributed by atoms with Gasteiger partial charge in [-0.1, -0.05) is 0 Å². The van der Waals surface area contributed by atoms with Crippen LogP contribution < -0.4 is 4.90 Å². The molecule has 3 aromatic rings. The summed E-state index contributed by atoms with van der Waals surface area (Å²) in [6.45, 7) is 9.61. The van der Waals surface area contributed by atoms with Crippen LogP contribution in [0.25, 0.3) is 11.4 Å². The van der Waals surface area contributed by atoms with Gasteiger partial charge in [-0.2, -0.15) is 0 Å². The van der Waals surface area contributed by atoms with Crippen molar-refractivity contribution in [2.75, 3.05) is 11.4 Å². The van der Waals surface area contributed by atoms with E-state index in [0.717, 1.165) is 33.1 Å². The third kappa shape index (κ3) is 5.47. The summed E-state index contributed by atoms with van der Waals surface area (Å²) in [5.74, 6) is -0.356. The summed E-state index contributed by atoms with van der Waals surface area (Å²) >= 11 is 3.61. The smallest absolute Gasteiger partial charge is 0.160 e. The Labute approximate surface area is 217 Å². The van der Waals surface area contributed by atoms with Gasteiger partial charge in [0, 0.05) is 41.5 Å². The summed E-state index contributed by atoms with van der Waals surface area (Å²) in [6, 6.07) is 5.41. The van der Waals surface area contributed by atoms with E-state index in [4.69, 9.17) is 4.74 Å². The minimum absolute atomic E-state index is 0.0186. The van der Waals surface area contributed by atoms with Crippen molar-refractivity contribution in [2.24, 2.45) is 0 Å². The Morgan fingerprint density at radius 1 is 1.08 bits per heavy atom. The standard InChI is InChI=1S/C27H27BrF2N4O2/c1-15-11-31-22(25-16(2)12-32-26(33-25)27(4,5)35)10-23(15)34-13-20(28)24(8-17(34)3)36-14-18-6-7-19(29)9-21(18)30/h6-12,35H,13-14H2,1-5H3. The van der Waals surface area contributed by atoms with Gasteiger partial charge in [0.2, 0.25) is 0 Å². The van der Waals surface area contributed by atoms with Crippen molar-refractivity contribution >= 4 is 21.6 Å². The molecule has 0 unspecified atom stereocenters. The quantitative estimate of drug-likeness (QED) is 0.389. The first-order valence-electron chi connectivity index (χ1n) is 11.4. The highest BCUT2D eigenvalue weighted by molar-refractivity contribution is 9.11. The Bertz CT molecular complexity index is 1380. The summed E-state index contributed by atoms with van der Waals surface area (Å²) in [6.07, 6.45) is 5.36. The lowest BCUT2D eigenvalue weighted by Gasteiger charge is -2.31. The fraction of sp³-hybridized carbons (Fsp3) is 0.296. The number of benzene rings is 1. The van der Waals surface area contributed by atoms with Gasteiger partial charge in [0.05, 0.1) is 22.4 Å². The molecule has 0 saturated heterocycles. The first kappa shape index (κ1) is 25.9. The first-order valence-corrected chi connectivity index (χ1v) is 12.2. The summed E-state index contributed by atoms with van der Waals surface area (Å²) in [5.41, 5.74) is 4.11. The fourth-order valence-electron chi connectivity index (χ4n) is 3.81. The minimum atomic E-state index is -1.18. The van der Waals surface area contributed by atoms with Gasteiger partial charge in [0.15, 0.2) is 5.82 Å². The third-order valence-corrected chi connectivity index (χ3v) is 6.50. The maximum absolute atomic E-state index is 14.0. The molecule has 6 nitrogen and oxygen atoms in total. The van der Waals surface area contributed by atoms with Gasteiger partial charge in [-0.15, -0.1) is 0 Å². The van der Waals surface area contributed by atoms with Crippen LogP contribution in [0.4, 0.5) is 14.5 Å². The SMILES string of the molecule is CC1=CC(OCc2ccc(F)cc2F)=C(Br)CN1c1cc(-c2nc(C(C)(C)O)ncc2C)ncc1C. The van der Waals surface area contributed by atoms with Gasteiger partial charge >= 0.3 is 0 Å². The Morgan fingerprint density at radius 3 is 2.50 bits per heavy atom. The topological polar surface area (TPSA) is 71.4 Å². The maximum Gasteiger partial charge on any atom is 0.160 e. The molecule has 0 amide bonds. The zero-order valence-electron chi connectivity index (χ0n) is 20.7. The van der Waals surface area contributed by atoms with Gasteiger partial charge in [-0.05, 0) is 79.9 Å². The Balaban J connectivity index is 1.61. The normalized spacial score (nSPS) is 14.2. The third-order valence-electron chi connectivity index (χ3n) is 5.86. The van der Waals surface area contributed by atoms with E-state index >= 15 is 0 Å². The van der Waals surface area contributed by atoms with Crippen LogP contribution >= 0.6 is 15.9 Å². The maximum atomic E-state index is 14.0.